The van der Waals surface area contributed by atoms with E-state index in [1.165, 1.54) is 22.0 Å². The van der Waals surface area contributed by atoms with E-state index in [-0.39, 0.29) is 0 Å². The van der Waals surface area contributed by atoms with E-state index in [4.69, 9.17) is 4.74 Å². The molecule has 1 N–H and O–H groups in total. The molecule has 2 heterocycles. The van der Waals surface area contributed by atoms with Crippen molar-refractivity contribution in [3.8, 4) is 0 Å². The Morgan fingerprint density at radius 3 is 2.78 bits per heavy atom. The van der Waals surface area contributed by atoms with Crippen LogP contribution in [-0.2, 0) is 17.7 Å². The third-order valence-corrected chi connectivity index (χ3v) is 4.71. The fourth-order valence-corrected chi connectivity index (χ4v) is 3.46. The summed E-state index contributed by atoms with van der Waals surface area (Å²) in [5.41, 5.74) is 3.97. The summed E-state index contributed by atoms with van der Waals surface area (Å²) in [7, 11) is 0. The van der Waals surface area contributed by atoms with Gasteiger partial charge in [0, 0.05) is 36.2 Å². The molecule has 4 rings (SSSR count). The molecule has 0 saturated carbocycles. The van der Waals surface area contributed by atoms with Crippen LogP contribution in [0.1, 0.15) is 11.1 Å². The van der Waals surface area contributed by atoms with Gasteiger partial charge in [-0.05, 0) is 23.6 Å². The van der Waals surface area contributed by atoms with Crippen molar-refractivity contribution in [2.45, 2.75) is 19.0 Å². The van der Waals surface area contributed by atoms with Crippen LogP contribution in [0, 0.1) is 0 Å². The van der Waals surface area contributed by atoms with Gasteiger partial charge in [0.05, 0.1) is 13.2 Å². The van der Waals surface area contributed by atoms with Gasteiger partial charge in [0.2, 0.25) is 0 Å². The van der Waals surface area contributed by atoms with Gasteiger partial charge in [0.25, 0.3) is 0 Å². The summed E-state index contributed by atoms with van der Waals surface area (Å²) >= 11 is 0. The first-order valence-corrected chi connectivity index (χ1v) is 8.31. The normalized spacial score (nSPS) is 19.2. The number of hydrogen-bond acceptors (Lipinski definition) is 2. The minimum Gasteiger partial charge on any atom is -0.378 e. The van der Waals surface area contributed by atoms with Gasteiger partial charge in [-0.3, -0.25) is 4.90 Å². The van der Waals surface area contributed by atoms with Gasteiger partial charge < -0.3 is 9.72 Å². The Bertz CT molecular complexity index is 765. The lowest BCUT2D eigenvalue weighted by molar-refractivity contribution is -0.0111. The molecule has 3 nitrogen and oxygen atoms in total. The van der Waals surface area contributed by atoms with E-state index in [0.717, 1.165) is 32.7 Å². The van der Waals surface area contributed by atoms with Crippen LogP contribution in [0.4, 0.5) is 0 Å². The highest BCUT2D eigenvalue weighted by atomic mass is 16.5. The maximum Gasteiger partial charge on any atom is 0.0625 e. The number of fused-ring (bicyclic) bond motifs is 1. The molecule has 23 heavy (non-hydrogen) atoms. The predicted octanol–water partition coefficient (Wildman–Crippen LogP) is 3.61. The highest BCUT2D eigenvalue weighted by Crippen LogP contribution is 2.22. The summed E-state index contributed by atoms with van der Waals surface area (Å²) in [5, 5.41) is 1.33. The van der Waals surface area contributed by atoms with Gasteiger partial charge in [0.15, 0.2) is 0 Å². The number of aromatic nitrogens is 1. The first-order chi connectivity index (χ1) is 11.4. The summed E-state index contributed by atoms with van der Waals surface area (Å²) in [6.07, 6.45) is 3.18. The molecule has 1 saturated heterocycles. The molecular formula is C20H22N2O. The van der Waals surface area contributed by atoms with E-state index in [1.54, 1.807) is 0 Å². The topological polar surface area (TPSA) is 28.3 Å². The Balaban J connectivity index is 1.53. The average molecular weight is 306 g/mol. The first-order valence-electron chi connectivity index (χ1n) is 8.31. The number of H-pyrrole nitrogens is 1. The number of hydrogen-bond donors (Lipinski definition) is 1. The summed E-state index contributed by atoms with van der Waals surface area (Å²) in [4.78, 5) is 5.94. The number of nitrogens with one attached hydrogen (secondary N) is 1. The van der Waals surface area contributed by atoms with Gasteiger partial charge in [-0.1, -0.05) is 48.5 Å². The third-order valence-electron chi connectivity index (χ3n) is 4.71. The summed E-state index contributed by atoms with van der Waals surface area (Å²) in [5.74, 6) is 0. The summed E-state index contributed by atoms with van der Waals surface area (Å²) < 4.78 is 5.76. The van der Waals surface area contributed by atoms with Crippen molar-refractivity contribution in [3.63, 3.8) is 0 Å². The van der Waals surface area contributed by atoms with Crippen molar-refractivity contribution in [2.24, 2.45) is 0 Å². The molecule has 1 atom stereocenters. The van der Waals surface area contributed by atoms with Crippen molar-refractivity contribution >= 4 is 10.9 Å². The molecule has 3 aromatic rings. The van der Waals surface area contributed by atoms with Crippen LogP contribution in [0.15, 0.2) is 60.8 Å². The van der Waals surface area contributed by atoms with E-state index in [2.05, 4.69) is 70.7 Å². The van der Waals surface area contributed by atoms with Crippen LogP contribution < -0.4 is 0 Å². The number of morpholine rings is 1. The Hall–Kier alpha value is -2.10. The van der Waals surface area contributed by atoms with Crippen LogP contribution in [0.5, 0.6) is 0 Å². The van der Waals surface area contributed by atoms with Gasteiger partial charge in [-0.2, -0.15) is 0 Å². The minimum atomic E-state index is 0.433. The Kier molecular flexibility index (Phi) is 4.14. The molecule has 1 aliphatic heterocycles. The maximum atomic E-state index is 5.76. The fourth-order valence-electron chi connectivity index (χ4n) is 3.46. The molecule has 0 spiro atoms. The molecule has 118 valence electrons. The zero-order valence-corrected chi connectivity index (χ0v) is 13.2. The van der Waals surface area contributed by atoms with Gasteiger partial charge in [0.1, 0.15) is 0 Å². The SMILES string of the molecule is c1ccc(CN2CCOCC2Cc2c[nH]c3ccccc23)cc1. The fraction of sp³-hybridized carbons (Fsp3) is 0.300. The molecule has 0 bridgehead atoms. The van der Waals surface area contributed by atoms with Crippen LogP contribution in [0.2, 0.25) is 0 Å². The van der Waals surface area contributed by atoms with E-state index < -0.39 is 0 Å². The first kappa shape index (κ1) is 14.5. The van der Waals surface area contributed by atoms with E-state index >= 15 is 0 Å². The number of rotatable bonds is 4. The van der Waals surface area contributed by atoms with Crippen LogP contribution in [0.3, 0.4) is 0 Å². The van der Waals surface area contributed by atoms with Gasteiger partial charge in [-0.15, -0.1) is 0 Å². The average Bonchev–Trinajstić information content (AvgIpc) is 3.01. The van der Waals surface area contributed by atoms with Crippen molar-refractivity contribution in [2.75, 3.05) is 19.8 Å². The van der Waals surface area contributed by atoms with Crippen molar-refractivity contribution in [3.05, 3.63) is 71.9 Å². The predicted molar refractivity (Wildman–Crippen MR) is 93.5 cm³/mol. The Labute approximate surface area is 136 Å². The number of aromatic amines is 1. The lowest BCUT2D eigenvalue weighted by Crippen LogP contribution is -2.46. The van der Waals surface area contributed by atoms with E-state index in [1.807, 2.05) is 0 Å². The molecule has 1 unspecified atom stereocenters. The zero-order valence-electron chi connectivity index (χ0n) is 13.2. The number of benzene rings is 2. The molecule has 0 aliphatic carbocycles. The van der Waals surface area contributed by atoms with Crippen LogP contribution >= 0.6 is 0 Å². The highest BCUT2D eigenvalue weighted by Gasteiger charge is 2.24. The Morgan fingerprint density at radius 1 is 1.04 bits per heavy atom. The molecular weight excluding hydrogens is 284 g/mol. The monoisotopic (exact) mass is 306 g/mol. The zero-order chi connectivity index (χ0) is 15.5. The van der Waals surface area contributed by atoms with Crippen molar-refractivity contribution in [1.82, 2.24) is 9.88 Å². The summed E-state index contributed by atoms with van der Waals surface area (Å²) in [6, 6.07) is 19.7. The largest absolute Gasteiger partial charge is 0.378 e. The number of para-hydroxylation sites is 1. The molecule has 1 aromatic heterocycles. The third kappa shape index (κ3) is 3.16. The highest BCUT2D eigenvalue weighted by molar-refractivity contribution is 5.83. The molecule has 1 aliphatic rings. The van der Waals surface area contributed by atoms with Gasteiger partial charge >= 0.3 is 0 Å². The van der Waals surface area contributed by atoms with Crippen LogP contribution in [0.25, 0.3) is 10.9 Å². The van der Waals surface area contributed by atoms with Crippen LogP contribution in [-0.4, -0.2) is 35.7 Å². The van der Waals surface area contributed by atoms with Crippen molar-refractivity contribution in [1.29, 1.82) is 0 Å². The molecule has 0 amide bonds. The number of nitrogens with zero attached hydrogens (tertiary/aromatic N) is 1. The molecule has 1 fully saturated rings. The van der Waals surface area contributed by atoms with Gasteiger partial charge in [-0.25, -0.2) is 0 Å². The number of ether oxygens (including phenoxy) is 1. The lowest BCUT2D eigenvalue weighted by Gasteiger charge is -2.35. The standard InChI is InChI=1S/C20H22N2O/c1-2-6-16(7-3-1)14-22-10-11-23-15-18(22)12-17-13-21-20-9-5-4-8-19(17)20/h1-9,13,18,21H,10-12,14-15H2. The molecule has 3 heteroatoms. The Morgan fingerprint density at radius 2 is 1.87 bits per heavy atom. The van der Waals surface area contributed by atoms with E-state index in [9.17, 15) is 0 Å². The smallest absolute Gasteiger partial charge is 0.0625 e. The second-order valence-electron chi connectivity index (χ2n) is 6.25. The van der Waals surface area contributed by atoms with E-state index in [0.29, 0.717) is 6.04 Å². The second-order valence-corrected chi connectivity index (χ2v) is 6.25. The minimum absolute atomic E-state index is 0.433. The van der Waals surface area contributed by atoms with Crippen molar-refractivity contribution < 1.29 is 4.74 Å². The summed E-state index contributed by atoms with van der Waals surface area (Å²) in [6.45, 7) is 3.64. The maximum absolute atomic E-state index is 5.76. The lowest BCUT2D eigenvalue weighted by atomic mass is 10.0. The molecule has 0 radical (unpaired) electrons. The second kappa shape index (κ2) is 6.57. The quantitative estimate of drug-likeness (QED) is 0.797. The molecule has 2 aromatic carbocycles.